The Bertz CT molecular complexity index is 645. The molecule has 1 amide bonds. The molecule has 1 aromatic carbocycles. The first-order valence-corrected chi connectivity index (χ1v) is 8.93. The minimum Gasteiger partial charge on any atom is -0.381 e. The average Bonchev–Trinajstić information content (AvgIpc) is 2.83. The van der Waals surface area contributed by atoms with E-state index in [1.54, 1.807) is 0 Å². The summed E-state index contributed by atoms with van der Waals surface area (Å²) in [6.07, 6.45) is 0.641. The molecule has 1 fully saturated rings. The second-order valence-corrected chi connectivity index (χ2v) is 7.87. The molecule has 6 nitrogen and oxygen atoms in total. The summed E-state index contributed by atoms with van der Waals surface area (Å²) in [5.41, 5.74) is 1.90. The SMILES string of the molecule is O=C(NCC1CCS(=O)(=O)C1)C1CNc2ccccc2N1. The molecule has 7 heteroatoms. The van der Waals surface area contributed by atoms with Crippen molar-refractivity contribution in [2.24, 2.45) is 5.92 Å². The Labute approximate surface area is 124 Å². The van der Waals surface area contributed by atoms with Crippen LogP contribution in [0.15, 0.2) is 24.3 Å². The Morgan fingerprint density at radius 1 is 1.29 bits per heavy atom. The van der Waals surface area contributed by atoms with Crippen LogP contribution in [0.25, 0.3) is 0 Å². The molecular weight excluding hydrogens is 290 g/mol. The zero-order valence-corrected chi connectivity index (χ0v) is 12.4. The van der Waals surface area contributed by atoms with Crippen molar-refractivity contribution in [2.75, 3.05) is 35.2 Å². The fraction of sp³-hybridized carbons (Fsp3) is 0.500. The van der Waals surface area contributed by atoms with Crippen LogP contribution in [0.3, 0.4) is 0 Å². The summed E-state index contributed by atoms with van der Waals surface area (Å²) in [6.45, 7) is 0.948. The van der Waals surface area contributed by atoms with Crippen LogP contribution in [0.2, 0.25) is 0 Å². The van der Waals surface area contributed by atoms with E-state index >= 15 is 0 Å². The molecule has 0 spiro atoms. The molecule has 2 aliphatic heterocycles. The van der Waals surface area contributed by atoms with E-state index in [0.717, 1.165) is 11.4 Å². The number of hydrogen-bond donors (Lipinski definition) is 3. The second-order valence-electron chi connectivity index (χ2n) is 5.64. The largest absolute Gasteiger partial charge is 0.381 e. The van der Waals surface area contributed by atoms with E-state index in [2.05, 4.69) is 16.0 Å². The summed E-state index contributed by atoms with van der Waals surface area (Å²) >= 11 is 0. The number of carbonyl (C=O) groups excluding carboxylic acids is 1. The summed E-state index contributed by atoms with van der Waals surface area (Å²) in [4.78, 5) is 12.2. The van der Waals surface area contributed by atoms with Crippen molar-refractivity contribution in [3.63, 3.8) is 0 Å². The van der Waals surface area contributed by atoms with Crippen molar-refractivity contribution in [2.45, 2.75) is 12.5 Å². The number of rotatable bonds is 3. The van der Waals surface area contributed by atoms with Crippen molar-refractivity contribution < 1.29 is 13.2 Å². The number of fused-ring (bicyclic) bond motifs is 1. The van der Waals surface area contributed by atoms with Gasteiger partial charge in [0.2, 0.25) is 5.91 Å². The minimum absolute atomic E-state index is 0.0442. The lowest BCUT2D eigenvalue weighted by Crippen LogP contribution is -2.47. The van der Waals surface area contributed by atoms with Gasteiger partial charge in [0.05, 0.1) is 22.9 Å². The number of nitrogens with one attached hydrogen (secondary N) is 3. The number of benzene rings is 1. The number of carbonyl (C=O) groups is 1. The van der Waals surface area contributed by atoms with Crippen molar-refractivity contribution in [3.05, 3.63) is 24.3 Å². The molecule has 114 valence electrons. The fourth-order valence-electron chi connectivity index (χ4n) is 2.77. The topological polar surface area (TPSA) is 87.3 Å². The van der Waals surface area contributed by atoms with Crippen molar-refractivity contribution in [3.8, 4) is 0 Å². The molecule has 0 saturated carbocycles. The normalized spacial score (nSPS) is 26.3. The van der Waals surface area contributed by atoms with E-state index in [-0.39, 0.29) is 29.4 Å². The molecular formula is C14H19N3O3S. The fourth-order valence-corrected chi connectivity index (χ4v) is 4.64. The molecule has 1 saturated heterocycles. The number of sulfone groups is 1. The molecule has 2 unspecified atom stereocenters. The first-order valence-electron chi connectivity index (χ1n) is 7.11. The van der Waals surface area contributed by atoms with E-state index in [1.165, 1.54) is 0 Å². The second kappa shape index (κ2) is 5.55. The molecule has 2 atom stereocenters. The third-order valence-corrected chi connectivity index (χ3v) is 5.80. The Morgan fingerprint density at radius 3 is 2.76 bits per heavy atom. The first-order chi connectivity index (χ1) is 10.0. The van der Waals surface area contributed by atoms with Crippen LogP contribution in [0.5, 0.6) is 0 Å². The predicted octanol–water partition coefficient (Wildman–Crippen LogP) is 0.444. The lowest BCUT2D eigenvalue weighted by Gasteiger charge is -2.27. The summed E-state index contributed by atoms with van der Waals surface area (Å²) in [6, 6.07) is 7.40. The zero-order chi connectivity index (χ0) is 14.9. The highest BCUT2D eigenvalue weighted by Gasteiger charge is 2.29. The highest BCUT2D eigenvalue weighted by Crippen LogP contribution is 2.25. The maximum atomic E-state index is 12.2. The zero-order valence-electron chi connectivity index (χ0n) is 11.6. The van der Waals surface area contributed by atoms with E-state index < -0.39 is 9.84 Å². The Hall–Kier alpha value is -1.76. The van der Waals surface area contributed by atoms with Gasteiger partial charge in [-0.25, -0.2) is 8.42 Å². The molecule has 0 aromatic heterocycles. The van der Waals surface area contributed by atoms with Gasteiger partial charge in [0.15, 0.2) is 9.84 Å². The lowest BCUT2D eigenvalue weighted by molar-refractivity contribution is -0.121. The first kappa shape index (κ1) is 14.2. The lowest BCUT2D eigenvalue weighted by atomic mass is 10.1. The van der Waals surface area contributed by atoms with E-state index in [0.29, 0.717) is 19.5 Å². The van der Waals surface area contributed by atoms with Crippen molar-refractivity contribution >= 4 is 27.1 Å². The number of anilines is 2. The molecule has 3 rings (SSSR count). The maximum absolute atomic E-state index is 12.2. The quantitative estimate of drug-likeness (QED) is 0.754. The Balaban J connectivity index is 1.53. The standard InChI is InChI=1S/C14H19N3O3S/c18-14(16-7-10-5-6-21(19,20)9-10)13-8-15-11-3-1-2-4-12(11)17-13/h1-4,10,13,15,17H,5-9H2,(H,16,18). The van der Waals surface area contributed by atoms with Gasteiger partial charge in [0.25, 0.3) is 0 Å². The molecule has 21 heavy (non-hydrogen) atoms. The third-order valence-electron chi connectivity index (χ3n) is 3.96. The highest BCUT2D eigenvalue weighted by molar-refractivity contribution is 7.91. The number of hydrogen-bond acceptors (Lipinski definition) is 5. The van der Waals surface area contributed by atoms with Crippen molar-refractivity contribution in [1.29, 1.82) is 0 Å². The molecule has 0 radical (unpaired) electrons. The molecule has 0 aliphatic carbocycles. The van der Waals surface area contributed by atoms with Gasteiger partial charge in [-0.1, -0.05) is 12.1 Å². The summed E-state index contributed by atoms with van der Waals surface area (Å²) in [5.74, 6) is 0.375. The monoisotopic (exact) mass is 309 g/mol. The smallest absolute Gasteiger partial charge is 0.244 e. The van der Waals surface area contributed by atoms with Crippen LogP contribution in [0, 0.1) is 5.92 Å². The van der Waals surface area contributed by atoms with Gasteiger partial charge in [-0.05, 0) is 24.5 Å². The van der Waals surface area contributed by atoms with E-state index in [4.69, 9.17) is 0 Å². The van der Waals surface area contributed by atoms with Gasteiger partial charge in [0, 0.05) is 13.1 Å². The van der Waals surface area contributed by atoms with Gasteiger partial charge in [-0.2, -0.15) is 0 Å². The van der Waals surface area contributed by atoms with Crippen LogP contribution < -0.4 is 16.0 Å². The number of para-hydroxylation sites is 2. The van der Waals surface area contributed by atoms with Gasteiger partial charge in [-0.3, -0.25) is 4.79 Å². The highest BCUT2D eigenvalue weighted by atomic mass is 32.2. The van der Waals surface area contributed by atoms with Gasteiger partial charge < -0.3 is 16.0 Å². The van der Waals surface area contributed by atoms with Crippen LogP contribution in [0.4, 0.5) is 11.4 Å². The Morgan fingerprint density at radius 2 is 2.05 bits per heavy atom. The van der Waals surface area contributed by atoms with Crippen molar-refractivity contribution in [1.82, 2.24) is 5.32 Å². The van der Waals surface area contributed by atoms with Crippen LogP contribution in [0.1, 0.15) is 6.42 Å². The van der Waals surface area contributed by atoms with Crippen LogP contribution in [-0.2, 0) is 14.6 Å². The average molecular weight is 309 g/mol. The minimum atomic E-state index is -2.89. The third kappa shape index (κ3) is 3.29. The van der Waals surface area contributed by atoms with Crippen LogP contribution in [-0.4, -0.2) is 45.0 Å². The molecule has 3 N–H and O–H groups in total. The molecule has 2 heterocycles. The number of amides is 1. The molecule has 2 aliphatic rings. The van der Waals surface area contributed by atoms with Gasteiger partial charge >= 0.3 is 0 Å². The maximum Gasteiger partial charge on any atom is 0.244 e. The summed E-state index contributed by atoms with van der Waals surface area (Å²) < 4.78 is 22.8. The van der Waals surface area contributed by atoms with Gasteiger partial charge in [-0.15, -0.1) is 0 Å². The summed E-state index contributed by atoms with van der Waals surface area (Å²) in [5, 5.41) is 9.27. The predicted molar refractivity (Wildman–Crippen MR) is 82.1 cm³/mol. The summed E-state index contributed by atoms with van der Waals surface area (Å²) in [7, 11) is -2.89. The van der Waals surface area contributed by atoms with Crippen LogP contribution >= 0.6 is 0 Å². The molecule has 1 aromatic rings. The Kier molecular flexibility index (Phi) is 3.75. The van der Waals surface area contributed by atoms with E-state index in [1.807, 2.05) is 24.3 Å². The molecule has 0 bridgehead atoms. The van der Waals surface area contributed by atoms with Gasteiger partial charge in [0.1, 0.15) is 6.04 Å². The van der Waals surface area contributed by atoms with E-state index in [9.17, 15) is 13.2 Å².